The summed E-state index contributed by atoms with van der Waals surface area (Å²) in [5.74, 6) is 0. The Bertz CT molecular complexity index is 183. The normalized spacial score (nSPS) is 30.2. The molecule has 1 heterocycles. The highest BCUT2D eigenvalue weighted by atomic mass is 28.3. The molecular formula is C10H22O5Si. The summed E-state index contributed by atoms with van der Waals surface area (Å²) in [6.07, 6.45) is 3.80. The second-order valence-corrected chi connectivity index (χ2v) is 5.77. The number of epoxide rings is 1. The van der Waals surface area contributed by atoms with Crippen LogP contribution in [0.4, 0.5) is 0 Å². The number of hydrogen-bond donors (Lipinski definition) is 0. The molecule has 2 fully saturated rings. The van der Waals surface area contributed by atoms with Crippen LogP contribution in [-0.4, -0.2) is 55.8 Å². The lowest BCUT2D eigenvalue weighted by atomic mass is 9.96. The molecule has 6 heteroatoms. The van der Waals surface area contributed by atoms with Crippen molar-refractivity contribution in [3.8, 4) is 0 Å². The first-order valence-electron chi connectivity index (χ1n) is 5.62. The number of hydrogen-bond acceptors (Lipinski definition) is 5. The summed E-state index contributed by atoms with van der Waals surface area (Å²) in [4.78, 5) is 0. The molecular weight excluding hydrogens is 228 g/mol. The first kappa shape index (κ1) is 14.1. The van der Waals surface area contributed by atoms with Gasteiger partial charge in [-0.25, -0.2) is 0 Å². The maximum Gasteiger partial charge on any atom is 0.483 e. The maximum atomic E-state index is 5.46. The molecule has 1 aliphatic carbocycles. The van der Waals surface area contributed by atoms with Crippen LogP contribution in [0.25, 0.3) is 0 Å². The van der Waals surface area contributed by atoms with Gasteiger partial charge >= 0.3 is 9.53 Å². The van der Waals surface area contributed by atoms with Crippen LogP contribution in [0.2, 0.25) is 0 Å². The van der Waals surface area contributed by atoms with Crippen molar-refractivity contribution in [2.75, 3.05) is 27.9 Å². The Balaban J connectivity index is 0.000000168. The molecule has 0 amide bonds. The van der Waals surface area contributed by atoms with Gasteiger partial charge in [0.25, 0.3) is 0 Å². The second-order valence-electron chi connectivity index (χ2n) is 3.78. The summed E-state index contributed by atoms with van der Waals surface area (Å²) >= 11 is 0. The van der Waals surface area contributed by atoms with E-state index in [-0.39, 0.29) is 0 Å². The van der Waals surface area contributed by atoms with Crippen molar-refractivity contribution in [1.82, 2.24) is 0 Å². The molecule has 5 nitrogen and oxygen atoms in total. The zero-order valence-electron chi connectivity index (χ0n) is 10.5. The zero-order valence-corrected chi connectivity index (χ0v) is 11.6. The largest absolute Gasteiger partial charge is 0.483 e. The van der Waals surface area contributed by atoms with Crippen LogP contribution in [-0.2, 0) is 22.8 Å². The lowest BCUT2D eigenvalue weighted by Crippen LogP contribution is -2.32. The first-order valence-corrected chi connectivity index (χ1v) is 7.03. The fourth-order valence-electron chi connectivity index (χ4n) is 1.56. The number of fused-ring (bicyclic) bond motifs is 1. The van der Waals surface area contributed by atoms with E-state index in [0.29, 0.717) is 18.3 Å². The maximum absolute atomic E-state index is 5.46. The molecule has 0 radical (unpaired) electrons. The molecule has 2 aliphatic rings. The van der Waals surface area contributed by atoms with Crippen LogP contribution in [0.15, 0.2) is 0 Å². The lowest BCUT2D eigenvalue weighted by Gasteiger charge is -2.19. The van der Waals surface area contributed by atoms with Crippen molar-refractivity contribution >= 4 is 9.53 Å². The number of rotatable bonds is 6. The summed E-state index contributed by atoms with van der Waals surface area (Å²) in [6, 6.07) is 0. The van der Waals surface area contributed by atoms with Crippen molar-refractivity contribution in [1.29, 1.82) is 0 Å². The van der Waals surface area contributed by atoms with E-state index in [1.807, 2.05) is 0 Å². The van der Waals surface area contributed by atoms with Gasteiger partial charge in [0.05, 0.1) is 12.2 Å². The Hall–Kier alpha value is 0.0169. The molecule has 0 aromatic carbocycles. The van der Waals surface area contributed by atoms with Crippen LogP contribution in [0.1, 0.15) is 19.8 Å². The number of ether oxygens (including phenoxy) is 2. The van der Waals surface area contributed by atoms with Gasteiger partial charge in [-0.1, -0.05) is 6.92 Å². The summed E-state index contributed by atoms with van der Waals surface area (Å²) < 4.78 is 24.9. The van der Waals surface area contributed by atoms with E-state index in [1.54, 1.807) is 21.3 Å². The highest BCUT2D eigenvalue weighted by molar-refractivity contribution is 6.36. The molecule has 0 aromatic heterocycles. The van der Waals surface area contributed by atoms with E-state index in [1.165, 1.54) is 0 Å². The van der Waals surface area contributed by atoms with Gasteiger partial charge in [-0.15, -0.1) is 0 Å². The lowest BCUT2D eigenvalue weighted by molar-refractivity contribution is 0.0197. The van der Waals surface area contributed by atoms with Gasteiger partial charge in [-0.3, -0.25) is 0 Å². The minimum atomic E-state index is -1.67. The van der Waals surface area contributed by atoms with E-state index < -0.39 is 9.53 Å². The Morgan fingerprint density at radius 1 is 1.19 bits per heavy atom. The average Bonchev–Trinajstić information content (AvgIpc) is 2.94. The quantitative estimate of drug-likeness (QED) is 0.510. The van der Waals surface area contributed by atoms with E-state index in [0.717, 1.165) is 19.4 Å². The fraction of sp³-hybridized carbons (Fsp3) is 1.00. The Morgan fingerprint density at radius 3 is 2.06 bits per heavy atom. The highest BCUT2D eigenvalue weighted by Crippen LogP contribution is 2.43. The average molecular weight is 250 g/mol. The molecule has 96 valence electrons. The Morgan fingerprint density at radius 2 is 1.81 bits per heavy atom. The van der Waals surface area contributed by atoms with Crippen LogP contribution in [0.3, 0.4) is 0 Å². The van der Waals surface area contributed by atoms with Crippen molar-refractivity contribution in [2.24, 2.45) is 0 Å². The summed E-state index contributed by atoms with van der Waals surface area (Å²) in [5.41, 5.74) is 0. The first-order chi connectivity index (χ1) is 7.76. The fourth-order valence-corrected chi connectivity index (χ4v) is 2.14. The van der Waals surface area contributed by atoms with Gasteiger partial charge in [-0.2, -0.15) is 0 Å². The van der Waals surface area contributed by atoms with Crippen molar-refractivity contribution in [3.05, 3.63) is 0 Å². The molecule has 2 rings (SSSR count). The van der Waals surface area contributed by atoms with Gasteiger partial charge < -0.3 is 22.8 Å². The van der Waals surface area contributed by atoms with Gasteiger partial charge in [0.2, 0.25) is 0 Å². The molecule has 3 unspecified atom stereocenters. The molecule has 0 spiro atoms. The third-order valence-electron chi connectivity index (χ3n) is 2.57. The van der Waals surface area contributed by atoms with Gasteiger partial charge in [0.15, 0.2) is 0 Å². The Kier molecular flexibility index (Phi) is 6.48. The summed E-state index contributed by atoms with van der Waals surface area (Å²) in [7, 11) is 3.05. The molecule has 3 atom stereocenters. The predicted molar refractivity (Wildman–Crippen MR) is 61.5 cm³/mol. The standard InChI is InChI=1S/C7H12O2.C3H10O3Si/c1-2-3-8-5-4-6-7(5)9-6;1-4-7(5-2)6-3/h5-7H,2-4H2,1H3;7H,1-3H3. The second kappa shape index (κ2) is 7.36. The third kappa shape index (κ3) is 4.12. The molecule has 1 aliphatic heterocycles. The highest BCUT2D eigenvalue weighted by Gasteiger charge is 2.56. The van der Waals surface area contributed by atoms with Crippen molar-refractivity contribution in [2.45, 2.75) is 38.1 Å². The molecule has 1 saturated carbocycles. The topological polar surface area (TPSA) is 49.5 Å². The molecule has 16 heavy (non-hydrogen) atoms. The minimum absolute atomic E-state index is 0.454. The summed E-state index contributed by atoms with van der Waals surface area (Å²) in [5, 5.41) is 0. The van der Waals surface area contributed by atoms with Gasteiger partial charge in [0.1, 0.15) is 6.10 Å². The minimum Gasteiger partial charge on any atom is -0.379 e. The van der Waals surface area contributed by atoms with E-state index in [9.17, 15) is 0 Å². The van der Waals surface area contributed by atoms with Crippen LogP contribution < -0.4 is 0 Å². The SMILES string of the molecule is CCCOC1CC2OC12.CO[SiH](OC)OC. The van der Waals surface area contributed by atoms with E-state index in [2.05, 4.69) is 6.92 Å². The Labute approximate surface area is 98.9 Å². The van der Waals surface area contributed by atoms with Crippen molar-refractivity contribution in [3.63, 3.8) is 0 Å². The molecule has 0 bridgehead atoms. The summed E-state index contributed by atoms with van der Waals surface area (Å²) in [6.45, 7) is 3.03. The van der Waals surface area contributed by atoms with Crippen LogP contribution in [0, 0.1) is 0 Å². The molecule has 1 saturated heterocycles. The third-order valence-corrected chi connectivity index (χ3v) is 3.72. The molecule has 0 N–H and O–H groups in total. The van der Waals surface area contributed by atoms with Crippen LogP contribution >= 0.6 is 0 Å². The monoisotopic (exact) mass is 250 g/mol. The van der Waals surface area contributed by atoms with E-state index >= 15 is 0 Å². The smallest absolute Gasteiger partial charge is 0.379 e. The predicted octanol–water partition coefficient (Wildman–Crippen LogP) is 0.595. The van der Waals surface area contributed by atoms with Crippen LogP contribution in [0.5, 0.6) is 0 Å². The van der Waals surface area contributed by atoms with Gasteiger partial charge in [0, 0.05) is 34.4 Å². The zero-order chi connectivity index (χ0) is 12.0. The van der Waals surface area contributed by atoms with E-state index in [4.69, 9.17) is 22.8 Å². The molecule has 0 aromatic rings. The van der Waals surface area contributed by atoms with Crippen molar-refractivity contribution < 1.29 is 22.8 Å². The van der Waals surface area contributed by atoms with Gasteiger partial charge in [-0.05, 0) is 6.42 Å².